The maximum atomic E-state index is 11.0. The molecule has 0 spiro atoms. The second-order valence-electron chi connectivity index (χ2n) is 3.40. The molecule has 2 rings (SSSR count). The third-order valence-electron chi connectivity index (χ3n) is 2.49. The molecular weight excluding hydrogens is 182 g/mol. The molecular formula is C9H13N3O2. The van der Waals surface area contributed by atoms with Crippen LogP contribution in [0, 0.1) is 0 Å². The molecule has 14 heavy (non-hydrogen) atoms. The number of anilines is 1. The van der Waals surface area contributed by atoms with Gasteiger partial charge in [0.05, 0.1) is 18.0 Å². The van der Waals surface area contributed by atoms with E-state index in [1.807, 2.05) is 0 Å². The van der Waals surface area contributed by atoms with Crippen molar-refractivity contribution < 1.29 is 4.74 Å². The Morgan fingerprint density at radius 1 is 1.71 bits per heavy atom. The summed E-state index contributed by atoms with van der Waals surface area (Å²) in [6.07, 6.45) is 2.94. The highest BCUT2D eigenvalue weighted by molar-refractivity contribution is 5.43. The van der Waals surface area contributed by atoms with E-state index in [0.717, 1.165) is 25.2 Å². The molecule has 76 valence electrons. The Kier molecular flexibility index (Phi) is 2.49. The van der Waals surface area contributed by atoms with E-state index in [4.69, 9.17) is 4.74 Å². The van der Waals surface area contributed by atoms with Crippen LogP contribution in [0.25, 0.3) is 0 Å². The van der Waals surface area contributed by atoms with Crippen LogP contribution >= 0.6 is 0 Å². The largest absolute Gasteiger partial charge is 0.380 e. The number of hydrogen-bond donors (Lipinski definition) is 1. The minimum atomic E-state index is -0.164. The first-order valence-electron chi connectivity index (χ1n) is 4.62. The second-order valence-corrected chi connectivity index (χ2v) is 3.40. The standard InChI is InChI=1S/C9H13N3O2/c1-14-8-2-3-12(6-8)7-4-9(13)11-10-5-7/h4-5,8H,2-3,6H2,1H3,(H,11,13)/t8-/m1/s1. The van der Waals surface area contributed by atoms with Gasteiger partial charge >= 0.3 is 0 Å². The van der Waals surface area contributed by atoms with Crippen LogP contribution in [0.4, 0.5) is 5.69 Å². The Balaban J connectivity index is 2.13. The number of aromatic nitrogens is 2. The number of H-pyrrole nitrogens is 1. The van der Waals surface area contributed by atoms with E-state index < -0.39 is 0 Å². The van der Waals surface area contributed by atoms with Gasteiger partial charge in [-0.2, -0.15) is 5.10 Å². The van der Waals surface area contributed by atoms with Gasteiger partial charge < -0.3 is 9.64 Å². The van der Waals surface area contributed by atoms with E-state index in [2.05, 4.69) is 15.1 Å². The third kappa shape index (κ3) is 1.77. The van der Waals surface area contributed by atoms with Crippen molar-refractivity contribution in [3.63, 3.8) is 0 Å². The fraction of sp³-hybridized carbons (Fsp3) is 0.556. The molecule has 1 saturated heterocycles. The van der Waals surface area contributed by atoms with E-state index in [-0.39, 0.29) is 11.7 Å². The van der Waals surface area contributed by atoms with Crippen molar-refractivity contribution >= 4 is 5.69 Å². The molecule has 1 aliphatic rings. The minimum absolute atomic E-state index is 0.164. The fourth-order valence-electron chi connectivity index (χ4n) is 1.69. The van der Waals surface area contributed by atoms with Gasteiger partial charge in [-0.15, -0.1) is 0 Å². The number of hydrogen-bond acceptors (Lipinski definition) is 4. The normalized spacial score (nSPS) is 21.5. The average molecular weight is 195 g/mol. The van der Waals surface area contributed by atoms with Gasteiger partial charge in [-0.1, -0.05) is 0 Å². The van der Waals surface area contributed by atoms with Gasteiger partial charge in [-0.05, 0) is 6.42 Å². The van der Waals surface area contributed by atoms with Crippen LogP contribution in [0.5, 0.6) is 0 Å². The second kappa shape index (κ2) is 3.79. The lowest BCUT2D eigenvalue weighted by Crippen LogP contribution is -2.23. The van der Waals surface area contributed by atoms with Crippen molar-refractivity contribution in [1.82, 2.24) is 10.2 Å². The summed E-state index contributed by atoms with van der Waals surface area (Å²) in [6, 6.07) is 1.56. The SMILES string of the molecule is CO[C@@H]1CCN(c2cn[nH]c(=O)c2)C1. The molecule has 2 heterocycles. The number of nitrogens with zero attached hydrogens (tertiary/aromatic N) is 2. The van der Waals surface area contributed by atoms with Gasteiger partial charge in [-0.25, -0.2) is 5.10 Å². The average Bonchev–Trinajstić information content (AvgIpc) is 2.66. The summed E-state index contributed by atoms with van der Waals surface area (Å²) in [5, 5.41) is 6.12. The molecule has 0 bridgehead atoms. The number of nitrogens with one attached hydrogen (secondary N) is 1. The molecule has 0 aliphatic carbocycles. The van der Waals surface area contributed by atoms with Crippen LogP contribution in [0.3, 0.4) is 0 Å². The van der Waals surface area contributed by atoms with Crippen molar-refractivity contribution in [2.75, 3.05) is 25.1 Å². The fourth-order valence-corrected chi connectivity index (χ4v) is 1.69. The first-order chi connectivity index (χ1) is 6.79. The molecule has 1 atom stereocenters. The molecule has 0 saturated carbocycles. The number of rotatable bonds is 2. The maximum Gasteiger partial charge on any atom is 0.266 e. The minimum Gasteiger partial charge on any atom is -0.380 e. The van der Waals surface area contributed by atoms with E-state index >= 15 is 0 Å². The molecule has 1 aliphatic heterocycles. The van der Waals surface area contributed by atoms with Gasteiger partial charge in [0.25, 0.3) is 5.56 Å². The molecule has 1 aromatic heterocycles. The molecule has 1 aromatic rings. The van der Waals surface area contributed by atoms with E-state index in [1.165, 1.54) is 0 Å². The highest BCUT2D eigenvalue weighted by Crippen LogP contribution is 2.18. The molecule has 0 amide bonds. The first kappa shape index (κ1) is 9.21. The zero-order chi connectivity index (χ0) is 9.97. The highest BCUT2D eigenvalue weighted by Gasteiger charge is 2.22. The van der Waals surface area contributed by atoms with Crippen molar-refractivity contribution in [3.8, 4) is 0 Å². The number of aromatic amines is 1. The van der Waals surface area contributed by atoms with Gasteiger partial charge in [0.1, 0.15) is 0 Å². The van der Waals surface area contributed by atoms with Crippen LogP contribution in [-0.4, -0.2) is 36.5 Å². The lowest BCUT2D eigenvalue weighted by atomic mass is 10.3. The van der Waals surface area contributed by atoms with Crippen LogP contribution < -0.4 is 10.5 Å². The van der Waals surface area contributed by atoms with E-state index in [9.17, 15) is 4.79 Å². The van der Waals surface area contributed by atoms with Gasteiger partial charge in [-0.3, -0.25) is 4.79 Å². The lowest BCUT2D eigenvalue weighted by molar-refractivity contribution is 0.121. The predicted octanol–water partition coefficient (Wildman–Crippen LogP) is -0.00500. The van der Waals surface area contributed by atoms with Crippen molar-refractivity contribution in [2.45, 2.75) is 12.5 Å². The topological polar surface area (TPSA) is 58.2 Å². The smallest absolute Gasteiger partial charge is 0.266 e. The van der Waals surface area contributed by atoms with Crippen LogP contribution in [0.1, 0.15) is 6.42 Å². The Morgan fingerprint density at radius 3 is 3.21 bits per heavy atom. The summed E-state index contributed by atoms with van der Waals surface area (Å²) in [6.45, 7) is 1.76. The van der Waals surface area contributed by atoms with Crippen LogP contribution in [-0.2, 0) is 4.74 Å². The summed E-state index contributed by atoms with van der Waals surface area (Å²) in [5.74, 6) is 0. The summed E-state index contributed by atoms with van der Waals surface area (Å²) in [5.41, 5.74) is 0.705. The first-order valence-corrected chi connectivity index (χ1v) is 4.62. The summed E-state index contributed by atoms with van der Waals surface area (Å²) >= 11 is 0. The molecule has 0 aromatic carbocycles. The van der Waals surface area contributed by atoms with Crippen LogP contribution in [0.15, 0.2) is 17.1 Å². The lowest BCUT2D eigenvalue weighted by Gasteiger charge is -2.16. The quantitative estimate of drug-likeness (QED) is 0.721. The van der Waals surface area contributed by atoms with Gasteiger partial charge in [0, 0.05) is 26.3 Å². The summed E-state index contributed by atoms with van der Waals surface area (Å²) < 4.78 is 5.25. The molecule has 5 nitrogen and oxygen atoms in total. The summed E-state index contributed by atoms with van der Waals surface area (Å²) in [4.78, 5) is 13.1. The Morgan fingerprint density at radius 2 is 2.57 bits per heavy atom. The monoisotopic (exact) mass is 195 g/mol. The zero-order valence-electron chi connectivity index (χ0n) is 8.06. The molecule has 5 heteroatoms. The Bertz CT molecular complexity index is 363. The highest BCUT2D eigenvalue weighted by atomic mass is 16.5. The van der Waals surface area contributed by atoms with E-state index in [1.54, 1.807) is 19.4 Å². The van der Waals surface area contributed by atoms with Crippen molar-refractivity contribution in [3.05, 3.63) is 22.6 Å². The Labute approximate surface area is 81.7 Å². The Hall–Kier alpha value is -1.36. The number of ether oxygens (including phenoxy) is 1. The van der Waals surface area contributed by atoms with Crippen molar-refractivity contribution in [1.29, 1.82) is 0 Å². The van der Waals surface area contributed by atoms with Gasteiger partial charge in [0.15, 0.2) is 0 Å². The molecule has 1 fully saturated rings. The van der Waals surface area contributed by atoms with E-state index in [0.29, 0.717) is 0 Å². The molecule has 1 N–H and O–H groups in total. The molecule has 0 radical (unpaired) electrons. The maximum absolute atomic E-state index is 11.0. The third-order valence-corrected chi connectivity index (χ3v) is 2.49. The summed E-state index contributed by atoms with van der Waals surface area (Å²) in [7, 11) is 1.71. The van der Waals surface area contributed by atoms with Crippen molar-refractivity contribution in [2.24, 2.45) is 0 Å². The van der Waals surface area contributed by atoms with Gasteiger partial charge in [0.2, 0.25) is 0 Å². The zero-order valence-corrected chi connectivity index (χ0v) is 8.06. The number of methoxy groups -OCH3 is 1. The molecule has 0 unspecified atom stereocenters. The predicted molar refractivity (Wildman–Crippen MR) is 52.5 cm³/mol. The van der Waals surface area contributed by atoms with Crippen LogP contribution in [0.2, 0.25) is 0 Å².